The van der Waals surface area contributed by atoms with Crippen molar-refractivity contribution in [1.29, 1.82) is 0 Å². The standard InChI is InChI=1S/C9H15N5O2/c1-3-11-6(15)4-12-8-7(10)9(16-2)14-5-13-8/h5H,3-4,10H2,1-2H3,(H,11,15)(H,12,13,14). The summed E-state index contributed by atoms with van der Waals surface area (Å²) < 4.78 is 4.92. The number of rotatable bonds is 5. The van der Waals surface area contributed by atoms with Crippen molar-refractivity contribution in [2.45, 2.75) is 6.92 Å². The van der Waals surface area contributed by atoms with Gasteiger partial charge in [-0.2, -0.15) is 4.98 Å². The molecule has 1 rings (SSSR count). The van der Waals surface area contributed by atoms with Gasteiger partial charge in [0.2, 0.25) is 11.8 Å². The van der Waals surface area contributed by atoms with Gasteiger partial charge in [-0.05, 0) is 6.92 Å². The Morgan fingerprint density at radius 3 is 2.94 bits per heavy atom. The fraction of sp³-hybridized carbons (Fsp3) is 0.444. The van der Waals surface area contributed by atoms with E-state index in [1.807, 2.05) is 6.92 Å². The Morgan fingerprint density at radius 1 is 1.56 bits per heavy atom. The number of carbonyl (C=O) groups excluding carboxylic acids is 1. The first-order valence-electron chi connectivity index (χ1n) is 4.84. The largest absolute Gasteiger partial charge is 0.479 e. The van der Waals surface area contributed by atoms with Crippen molar-refractivity contribution in [3.05, 3.63) is 6.33 Å². The predicted molar refractivity (Wildman–Crippen MR) is 60.2 cm³/mol. The number of likely N-dealkylation sites (N-methyl/N-ethyl adjacent to an activating group) is 1. The maximum atomic E-state index is 11.2. The van der Waals surface area contributed by atoms with Crippen LogP contribution in [0.15, 0.2) is 6.33 Å². The molecule has 0 aromatic carbocycles. The van der Waals surface area contributed by atoms with E-state index in [0.717, 1.165) is 0 Å². The molecule has 0 unspecified atom stereocenters. The van der Waals surface area contributed by atoms with Crippen LogP contribution in [0.4, 0.5) is 11.5 Å². The van der Waals surface area contributed by atoms with Gasteiger partial charge in [0.1, 0.15) is 12.0 Å². The summed E-state index contributed by atoms with van der Waals surface area (Å²) in [6, 6.07) is 0. The SMILES string of the molecule is CCNC(=O)CNc1ncnc(OC)c1N. The van der Waals surface area contributed by atoms with Crippen molar-refractivity contribution < 1.29 is 9.53 Å². The van der Waals surface area contributed by atoms with Crippen molar-refractivity contribution in [2.75, 3.05) is 31.2 Å². The van der Waals surface area contributed by atoms with Gasteiger partial charge in [-0.3, -0.25) is 4.79 Å². The highest BCUT2D eigenvalue weighted by Gasteiger charge is 2.08. The van der Waals surface area contributed by atoms with E-state index in [9.17, 15) is 4.79 Å². The lowest BCUT2D eigenvalue weighted by molar-refractivity contribution is -0.119. The van der Waals surface area contributed by atoms with Crippen LogP contribution in [0.25, 0.3) is 0 Å². The number of anilines is 2. The summed E-state index contributed by atoms with van der Waals surface area (Å²) in [6.07, 6.45) is 1.31. The molecule has 1 aromatic rings. The van der Waals surface area contributed by atoms with Gasteiger partial charge in [-0.25, -0.2) is 4.98 Å². The van der Waals surface area contributed by atoms with Crippen LogP contribution in [-0.2, 0) is 4.79 Å². The first kappa shape index (κ1) is 12.0. The zero-order valence-electron chi connectivity index (χ0n) is 9.28. The topological polar surface area (TPSA) is 102 Å². The van der Waals surface area contributed by atoms with Gasteiger partial charge < -0.3 is 21.1 Å². The number of amides is 1. The van der Waals surface area contributed by atoms with Crippen molar-refractivity contribution in [1.82, 2.24) is 15.3 Å². The van der Waals surface area contributed by atoms with Crippen LogP contribution >= 0.6 is 0 Å². The second kappa shape index (κ2) is 5.74. The van der Waals surface area contributed by atoms with Gasteiger partial charge in [0.15, 0.2) is 5.82 Å². The number of aromatic nitrogens is 2. The van der Waals surface area contributed by atoms with E-state index >= 15 is 0 Å². The minimum Gasteiger partial charge on any atom is -0.479 e. The number of nitrogens with two attached hydrogens (primary N) is 1. The minimum absolute atomic E-state index is 0.109. The highest BCUT2D eigenvalue weighted by Crippen LogP contribution is 2.23. The molecule has 0 aliphatic carbocycles. The van der Waals surface area contributed by atoms with Gasteiger partial charge in [0.25, 0.3) is 0 Å². The molecule has 0 saturated carbocycles. The third kappa shape index (κ3) is 2.97. The molecule has 1 amide bonds. The van der Waals surface area contributed by atoms with Gasteiger partial charge in [-0.1, -0.05) is 0 Å². The summed E-state index contributed by atoms with van der Waals surface area (Å²) in [7, 11) is 1.46. The lowest BCUT2D eigenvalue weighted by Gasteiger charge is -2.09. The lowest BCUT2D eigenvalue weighted by Crippen LogP contribution is -2.29. The lowest BCUT2D eigenvalue weighted by atomic mass is 10.4. The van der Waals surface area contributed by atoms with Gasteiger partial charge in [0.05, 0.1) is 13.7 Å². The fourth-order valence-corrected chi connectivity index (χ4v) is 1.11. The second-order valence-corrected chi connectivity index (χ2v) is 2.95. The molecular weight excluding hydrogens is 210 g/mol. The maximum Gasteiger partial charge on any atom is 0.242 e. The van der Waals surface area contributed by atoms with E-state index in [-0.39, 0.29) is 24.0 Å². The number of nitrogen functional groups attached to an aromatic ring is 1. The van der Waals surface area contributed by atoms with Gasteiger partial charge >= 0.3 is 0 Å². The molecule has 7 nitrogen and oxygen atoms in total. The van der Waals surface area contributed by atoms with E-state index in [1.54, 1.807) is 0 Å². The molecule has 0 saturated heterocycles. The quantitative estimate of drug-likeness (QED) is 0.631. The third-order valence-corrected chi connectivity index (χ3v) is 1.83. The van der Waals surface area contributed by atoms with Crippen LogP contribution in [0.5, 0.6) is 5.88 Å². The summed E-state index contributed by atoms with van der Waals surface area (Å²) in [6.45, 7) is 2.54. The zero-order chi connectivity index (χ0) is 12.0. The first-order chi connectivity index (χ1) is 7.69. The van der Waals surface area contributed by atoms with Crippen LogP contribution < -0.4 is 21.1 Å². The van der Waals surface area contributed by atoms with Crippen LogP contribution in [0.2, 0.25) is 0 Å². The number of methoxy groups -OCH3 is 1. The smallest absolute Gasteiger partial charge is 0.242 e. The Morgan fingerprint density at radius 2 is 2.31 bits per heavy atom. The van der Waals surface area contributed by atoms with E-state index in [0.29, 0.717) is 12.4 Å². The highest BCUT2D eigenvalue weighted by molar-refractivity contribution is 5.81. The predicted octanol–water partition coefficient (Wildman–Crippen LogP) is -0.385. The molecule has 88 valence electrons. The van der Waals surface area contributed by atoms with E-state index in [4.69, 9.17) is 10.5 Å². The van der Waals surface area contributed by atoms with Crippen LogP contribution in [-0.4, -0.2) is 36.1 Å². The van der Waals surface area contributed by atoms with Crippen molar-refractivity contribution >= 4 is 17.4 Å². The molecule has 0 fully saturated rings. The molecule has 0 spiro atoms. The maximum absolute atomic E-state index is 11.2. The molecule has 1 heterocycles. The molecule has 0 aliphatic rings. The molecule has 16 heavy (non-hydrogen) atoms. The minimum atomic E-state index is -0.125. The number of ether oxygens (including phenoxy) is 1. The third-order valence-electron chi connectivity index (χ3n) is 1.83. The Balaban J connectivity index is 2.63. The normalized spacial score (nSPS) is 9.62. The Kier molecular flexibility index (Phi) is 4.31. The van der Waals surface area contributed by atoms with Crippen molar-refractivity contribution in [3.8, 4) is 5.88 Å². The highest BCUT2D eigenvalue weighted by atomic mass is 16.5. The summed E-state index contributed by atoms with van der Waals surface area (Å²) in [5.41, 5.74) is 6.00. The fourth-order valence-electron chi connectivity index (χ4n) is 1.11. The monoisotopic (exact) mass is 225 g/mol. The number of carbonyl (C=O) groups is 1. The Bertz CT molecular complexity index is 369. The molecule has 4 N–H and O–H groups in total. The average Bonchev–Trinajstić information content (AvgIpc) is 2.28. The average molecular weight is 225 g/mol. The van der Waals surface area contributed by atoms with Crippen molar-refractivity contribution in [3.63, 3.8) is 0 Å². The van der Waals surface area contributed by atoms with Gasteiger partial charge in [-0.15, -0.1) is 0 Å². The molecule has 7 heteroatoms. The van der Waals surface area contributed by atoms with Crippen LogP contribution in [0, 0.1) is 0 Å². The summed E-state index contributed by atoms with van der Waals surface area (Å²) in [5.74, 6) is 0.547. The Hall–Kier alpha value is -2.05. The van der Waals surface area contributed by atoms with E-state index in [1.165, 1.54) is 13.4 Å². The summed E-state index contributed by atoms with van der Waals surface area (Å²) in [5, 5.41) is 5.45. The van der Waals surface area contributed by atoms with Crippen LogP contribution in [0.1, 0.15) is 6.92 Å². The number of nitrogens with one attached hydrogen (secondary N) is 2. The number of hydrogen-bond acceptors (Lipinski definition) is 6. The van der Waals surface area contributed by atoms with Crippen molar-refractivity contribution in [2.24, 2.45) is 0 Å². The zero-order valence-corrected chi connectivity index (χ0v) is 9.28. The molecule has 0 atom stereocenters. The number of nitrogens with zero attached hydrogens (tertiary/aromatic N) is 2. The molecule has 0 radical (unpaired) electrons. The summed E-state index contributed by atoms with van der Waals surface area (Å²) in [4.78, 5) is 18.9. The van der Waals surface area contributed by atoms with E-state index < -0.39 is 0 Å². The molecule has 0 bridgehead atoms. The first-order valence-corrected chi connectivity index (χ1v) is 4.84. The number of hydrogen-bond donors (Lipinski definition) is 3. The Labute approximate surface area is 93.4 Å². The molecular formula is C9H15N5O2. The molecule has 0 aliphatic heterocycles. The second-order valence-electron chi connectivity index (χ2n) is 2.95. The van der Waals surface area contributed by atoms with Gasteiger partial charge in [0, 0.05) is 6.54 Å². The van der Waals surface area contributed by atoms with E-state index in [2.05, 4.69) is 20.6 Å². The summed E-state index contributed by atoms with van der Waals surface area (Å²) >= 11 is 0. The molecule has 1 aromatic heterocycles. The van der Waals surface area contributed by atoms with Crippen LogP contribution in [0.3, 0.4) is 0 Å².